The molecular formula is C9H16N2O4. The second kappa shape index (κ2) is 5.67. The van der Waals surface area contributed by atoms with Crippen LogP contribution < -0.4 is 5.73 Å². The maximum Gasteiger partial charge on any atom is 0.317 e. The van der Waals surface area contributed by atoms with Crippen LogP contribution in [0.5, 0.6) is 0 Å². The minimum absolute atomic E-state index is 0.00301. The molecule has 0 atom stereocenters. The number of nitrogens with two attached hydrogens (primary N) is 1. The molecule has 6 nitrogen and oxygen atoms in total. The lowest BCUT2D eigenvalue weighted by atomic mass is 10.1. The van der Waals surface area contributed by atoms with Gasteiger partial charge in [-0.05, 0) is 12.8 Å². The maximum absolute atomic E-state index is 10.8. The van der Waals surface area contributed by atoms with Crippen molar-refractivity contribution in [1.29, 1.82) is 0 Å². The first-order valence-electron chi connectivity index (χ1n) is 4.91. The van der Waals surface area contributed by atoms with E-state index in [1.165, 1.54) is 0 Å². The van der Waals surface area contributed by atoms with Gasteiger partial charge in [-0.1, -0.05) is 0 Å². The van der Waals surface area contributed by atoms with Crippen LogP contribution >= 0.6 is 0 Å². The van der Waals surface area contributed by atoms with Gasteiger partial charge in [-0.25, -0.2) is 0 Å². The highest BCUT2D eigenvalue weighted by molar-refractivity contribution is 5.77. The van der Waals surface area contributed by atoms with Crippen molar-refractivity contribution in [2.45, 2.75) is 18.9 Å². The van der Waals surface area contributed by atoms with E-state index in [0.29, 0.717) is 13.2 Å². The Hall–Kier alpha value is -1.14. The van der Waals surface area contributed by atoms with Crippen LogP contribution in [0.15, 0.2) is 0 Å². The second-order valence-electron chi connectivity index (χ2n) is 3.61. The van der Waals surface area contributed by atoms with Gasteiger partial charge in [-0.3, -0.25) is 14.5 Å². The highest BCUT2D eigenvalue weighted by Gasteiger charge is 2.24. The molecule has 1 aliphatic heterocycles. The number of hydrogen-bond donors (Lipinski definition) is 2. The SMILES string of the molecule is NC(=O)CN(CC(=O)O)C1CCOCC1. The van der Waals surface area contributed by atoms with Crippen molar-refractivity contribution >= 4 is 11.9 Å². The van der Waals surface area contributed by atoms with E-state index in [4.69, 9.17) is 15.6 Å². The summed E-state index contributed by atoms with van der Waals surface area (Å²) in [7, 11) is 0. The Morgan fingerprint density at radius 2 is 1.93 bits per heavy atom. The van der Waals surface area contributed by atoms with E-state index in [1.54, 1.807) is 4.90 Å². The number of carbonyl (C=O) groups is 2. The third kappa shape index (κ3) is 4.26. The number of carboxylic acids is 1. The largest absolute Gasteiger partial charge is 0.480 e. The van der Waals surface area contributed by atoms with Gasteiger partial charge in [0, 0.05) is 19.3 Å². The second-order valence-corrected chi connectivity index (χ2v) is 3.61. The summed E-state index contributed by atoms with van der Waals surface area (Å²) in [5.74, 6) is -1.44. The molecule has 0 aromatic rings. The van der Waals surface area contributed by atoms with Gasteiger partial charge in [-0.15, -0.1) is 0 Å². The van der Waals surface area contributed by atoms with Crippen molar-refractivity contribution in [3.8, 4) is 0 Å². The first-order chi connectivity index (χ1) is 7.09. The smallest absolute Gasteiger partial charge is 0.317 e. The van der Waals surface area contributed by atoms with Crippen LogP contribution in [0.4, 0.5) is 0 Å². The normalized spacial score (nSPS) is 17.9. The van der Waals surface area contributed by atoms with Crippen LogP contribution in [0.3, 0.4) is 0 Å². The molecule has 0 unspecified atom stereocenters. The molecule has 0 saturated carbocycles. The molecule has 1 amide bonds. The van der Waals surface area contributed by atoms with Gasteiger partial charge in [0.25, 0.3) is 0 Å². The summed E-state index contributed by atoms with van der Waals surface area (Å²) >= 11 is 0. The lowest BCUT2D eigenvalue weighted by molar-refractivity contribution is -0.140. The predicted octanol–water partition coefficient (Wildman–Crippen LogP) is -0.963. The topological polar surface area (TPSA) is 92.9 Å². The van der Waals surface area contributed by atoms with Crippen molar-refractivity contribution < 1.29 is 19.4 Å². The summed E-state index contributed by atoms with van der Waals surface area (Å²) < 4.78 is 5.17. The molecule has 1 fully saturated rings. The van der Waals surface area contributed by atoms with E-state index >= 15 is 0 Å². The summed E-state index contributed by atoms with van der Waals surface area (Å²) in [5.41, 5.74) is 5.07. The van der Waals surface area contributed by atoms with E-state index in [9.17, 15) is 9.59 Å². The molecule has 15 heavy (non-hydrogen) atoms. The predicted molar refractivity (Wildman–Crippen MR) is 52.2 cm³/mol. The number of aliphatic carboxylic acids is 1. The van der Waals surface area contributed by atoms with Crippen LogP contribution in [0, 0.1) is 0 Å². The number of amides is 1. The van der Waals surface area contributed by atoms with Gasteiger partial charge >= 0.3 is 5.97 Å². The molecule has 3 N–H and O–H groups in total. The Labute approximate surface area is 88.0 Å². The molecule has 0 bridgehead atoms. The molecule has 0 aliphatic carbocycles. The number of ether oxygens (including phenoxy) is 1. The van der Waals surface area contributed by atoms with Crippen molar-refractivity contribution in [3.63, 3.8) is 0 Å². The van der Waals surface area contributed by atoms with Gasteiger partial charge < -0.3 is 15.6 Å². The van der Waals surface area contributed by atoms with E-state index in [2.05, 4.69) is 0 Å². The third-order valence-corrected chi connectivity index (χ3v) is 2.40. The minimum Gasteiger partial charge on any atom is -0.480 e. The molecule has 1 aliphatic rings. The van der Waals surface area contributed by atoms with Crippen LogP contribution in [0.2, 0.25) is 0 Å². The van der Waals surface area contributed by atoms with E-state index < -0.39 is 11.9 Å². The zero-order valence-electron chi connectivity index (χ0n) is 8.52. The van der Waals surface area contributed by atoms with Gasteiger partial charge in [0.2, 0.25) is 5.91 Å². The number of nitrogens with zero attached hydrogens (tertiary/aromatic N) is 1. The average Bonchev–Trinajstić information content (AvgIpc) is 2.17. The summed E-state index contributed by atoms with van der Waals surface area (Å²) in [5, 5.41) is 8.70. The number of carbonyl (C=O) groups excluding carboxylic acids is 1. The van der Waals surface area contributed by atoms with Crippen LogP contribution in [0.25, 0.3) is 0 Å². The quantitative estimate of drug-likeness (QED) is 0.617. The molecular weight excluding hydrogens is 200 g/mol. The van der Waals surface area contributed by atoms with Crippen molar-refractivity contribution in [1.82, 2.24) is 4.90 Å². The molecule has 0 aromatic carbocycles. The Kier molecular flexibility index (Phi) is 4.51. The first kappa shape index (κ1) is 11.9. The highest BCUT2D eigenvalue weighted by Crippen LogP contribution is 2.13. The van der Waals surface area contributed by atoms with E-state index in [0.717, 1.165) is 12.8 Å². The van der Waals surface area contributed by atoms with Gasteiger partial charge in [0.1, 0.15) is 0 Å². The third-order valence-electron chi connectivity index (χ3n) is 2.40. The zero-order chi connectivity index (χ0) is 11.3. The lowest BCUT2D eigenvalue weighted by Crippen LogP contribution is -2.46. The van der Waals surface area contributed by atoms with Crippen LogP contribution in [-0.2, 0) is 14.3 Å². The van der Waals surface area contributed by atoms with Crippen molar-refractivity contribution in [3.05, 3.63) is 0 Å². The molecule has 6 heteroatoms. The average molecular weight is 216 g/mol. The van der Waals surface area contributed by atoms with Gasteiger partial charge in [0.05, 0.1) is 13.1 Å². The first-order valence-corrected chi connectivity index (χ1v) is 4.91. The Morgan fingerprint density at radius 1 is 1.33 bits per heavy atom. The van der Waals surface area contributed by atoms with Gasteiger partial charge in [0.15, 0.2) is 0 Å². The molecule has 86 valence electrons. The molecule has 1 rings (SSSR count). The van der Waals surface area contributed by atoms with E-state index in [1.807, 2.05) is 0 Å². The molecule has 0 spiro atoms. The fourth-order valence-electron chi connectivity index (χ4n) is 1.74. The van der Waals surface area contributed by atoms with E-state index in [-0.39, 0.29) is 19.1 Å². The summed E-state index contributed by atoms with van der Waals surface area (Å²) in [4.78, 5) is 23.0. The lowest BCUT2D eigenvalue weighted by Gasteiger charge is -2.32. The standard InChI is InChI=1S/C9H16N2O4/c10-8(12)5-11(6-9(13)14)7-1-3-15-4-2-7/h7H,1-6H2,(H2,10,12)(H,13,14). The number of rotatable bonds is 5. The van der Waals surface area contributed by atoms with Crippen LogP contribution in [-0.4, -0.2) is 54.2 Å². The number of hydrogen-bond acceptors (Lipinski definition) is 4. The monoisotopic (exact) mass is 216 g/mol. The molecule has 0 radical (unpaired) electrons. The Morgan fingerprint density at radius 3 is 2.40 bits per heavy atom. The fourth-order valence-corrected chi connectivity index (χ4v) is 1.74. The van der Waals surface area contributed by atoms with Crippen molar-refractivity contribution in [2.24, 2.45) is 5.73 Å². The Balaban J connectivity index is 2.52. The van der Waals surface area contributed by atoms with Gasteiger partial charge in [-0.2, -0.15) is 0 Å². The number of carboxylic acid groups (broad SMARTS) is 1. The molecule has 0 aromatic heterocycles. The molecule has 1 heterocycles. The molecule has 1 saturated heterocycles. The van der Waals surface area contributed by atoms with Crippen molar-refractivity contribution in [2.75, 3.05) is 26.3 Å². The Bertz CT molecular complexity index is 222. The van der Waals surface area contributed by atoms with Crippen LogP contribution in [0.1, 0.15) is 12.8 Å². The fraction of sp³-hybridized carbons (Fsp3) is 0.778. The zero-order valence-corrected chi connectivity index (χ0v) is 8.52. The summed E-state index contributed by atoms with van der Waals surface area (Å²) in [6.07, 6.45) is 1.50. The number of primary amides is 1. The summed E-state index contributed by atoms with van der Waals surface area (Å²) in [6.45, 7) is 1.07. The highest BCUT2D eigenvalue weighted by atomic mass is 16.5. The minimum atomic E-state index is -0.942. The summed E-state index contributed by atoms with van der Waals surface area (Å²) in [6, 6.07) is 0.0855. The maximum atomic E-state index is 10.8.